The largest absolute Gasteiger partial charge is 0.493 e. The molecule has 0 radical (unpaired) electrons. The minimum atomic E-state index is -3.88. The third-order valence-corrected chi connectivity index (χ3v) is 12.8. The average Bonchev–Trinajstić information content (AvgIpc) is 3.32. The monoisotopic (exact) mass is 598 g/mol. The minimum Gasteiger partial charge on any atom is -0.493 e. The van der Waals surface area contributed by atoms with Gasteiger partial charge in [0.15, 0.2) is 23.0 Å². The highest BCUT2D eigenvalue weighted by Gasteiger charge is 2.66. The van der Waals surface area contributed by atoms with E-state index in [4.69, 9.17) is 18.9 Å². The molecule has 2 saturated carbocycles. The van der Waals surface area contributed by atoms with Gasteiger partial charge in [0.25, 0.3) is 0 Å². The molecule has 2 bridgehead atoms. The molecule has 2 aliphatic carbocycles. The Hall–Kier alpha value is -2.82. The zero-order valence-electron chi connectivity index (χ0n) is 25.4. The van der Waals surface area contributed by atoms with Crippen molar-refractivity contribution in [1.29, 1.82) is 0 Å². The smallest absolute Gasteiger partial charge is 0.215 e. The molecular formula is C32H42N2O7S. The van der Waals surface area contributed by atoms with Crippen molar-refractivity contribution in [3.8, 4) is 23.0 Å². The van der Waals surface area contributed by atoms with Crippen LogP contribution in [0.2, 0.25) is 0 Å². The van der Waals surface area contributed by atoms with Gasteiger partial charge in [-0.1, -0.05) is 13.8 Å². The molecule has 10 heteroatoms. The molecule has 0 aromatic heterocycles. The summed E-state index contributed by atoms with van der Waals surface area (Å²) in [6.07, 6.45) is 3.31. The van der Waals surface area contributed by atoms with Gasteiger partial charge in [-0.3, -0.25) is 4.79 Å². The van der Waals surface area contributed by atoms with Crippen LogP contribution in [-0.4, -0.2) is 65.8 Å². The predicted molar refractivity (Wildman–Crippen MR) is 159 cm³/mol. The summed E-state index contributed by atoms with van der Waals surface area (Å²) in [5, 5.41) is 3.65. The van der Waals surface area contributed by atoms with Crippen molar-refractivity contribution in [2.45, 2.75) is 58.0 Å². The van der Waals surface area contributed by atoms with Gasteiger partial charge in [-0.2, -0.15) is 4.31 Å². The first-order chi connectivity index (χ1) is 20.0. The second-order valence-corrected chi connectivity index (χ2v) is 14.6. The molecule has 2 aliphatic heterocycles. The summed E-state index contributed by atoms with van der Waals surface area (Å²) in [4.78, 5) is 13.4. The van der Waals surface area contributed by atoms with E-state index in [0.29, 0.717) is 55.4 Å². The normalized spacial score (nSPS) is 28.2. The third-order valence-electron chi connectivity index (χ3n) is 10.9. The number of hydrogen-bond acceptors (Lipinski definition) is 8. The van der Waals surface area contributed by atoms with Gasteiger partial charge in [-0.25, -0.2) is 8.42 Å². The van der Waals surface area contributed by atoms with Crippen LogP contribution in [-0.2, 0) is 27.7 Å². The molecular weight excluding hydrogens is 556 g/mol. The lowest BCUT2D eigenvalue weighted by atomic mass is 9.70. The molecule has 4 aliphatic rings. The molecule has 0 spiro atoms. The molecule has 0 amide bonds. The van der Waals surface area contributed by atoms with Crippen LogP contribution in [0.15, 0.2) is 24.3 Å². The molecule has 9 nitrogen and oxygen atoms in total. The zero-order chi connectivity index (χ0) is 30.0. The summed E-state index contributed by atoms with van der Waals surface area (Å²) in [7, 11) is 2.54. The van der Waals surface area contributed by atoms with Crippen LogP contribution in [0.5, 0.6) is 23.0 Å². The van der Waals surface area contributed by atoms with Crippen LogP contribution in [0.1, 0.15) is 67.4 Å². The van der Waals surface area contributed by atoms with E-state index in [-0.39, 0.29) is 28.9 Å². The van der Waals surface area contributed by atoms with Gasteiger partial charge in [0.2, 0.25) is 10.0 Å². The number of nitrogens with one attached hydrogen (secondary N) is 1. The van der Waals surface area contributed by atoms with Gasteiger partial charge in [0, 0.05) is 18.4 Å². The zero-order valence-corrected chi connectivity index (χ0v) is 26.2. The summed E-state index contributed by atoms with van der Waals surface area (Å²) in [5.41, 5.74) is 2.76. The average molecular weight is 599 g/mol. The Morgan fingerprint density at radius 2 is 1.45 bits per heavy atom. The van der Waals surface area contributed by atoms with Crippen molar-refractivity contribution >= 4 is 15.8 Å². The van der Waals surface area contributed by atoms with Crippen LogP contribution in [0, 0.1) is 16.7 Å². The maximum absolute atomic E-state index is 14.7. The molecule has 2 fully saturated rings. The van der Waals surface area contributed by atoms with Gasteiger partial charge in [-0.15, -0.1) is 0 Å². The number of methoxy groups -OCH3 is 4. The first-order valence-electron chi connectivity index (χ1n) is 14.8. The van der Waals surface area contributed by atoms with Crippen molar-refractivity contribution in [3.05, 3.63) is 46.5 Å². The molecule has 42 heavy (non-hydrogen) atoms. The van der Waals surface area contributed by atoms with Crippen molar-refractivity contribution < 1.29 is 32.2 Å². The van der Waals surface area contributed by atoms with Gasteiger partial charge in [0.1, 0.15) is 5.78 Å². The Bertz CT molecular complexity index is 1520. The highest BCUT2D eigenvalue weighted by atomic mass is 32.2. The third kappa shape index (κ3) is 4.24. The van der Waals surface area contributed by atoms with Crippen molar-refractivity contribution in [1.82, 2.24) is 9.62 Å². The number of fused-ring (bicyclic) bond motifs is 4. The number of Topliss-reactive ketones (excluding diaryl/α,β-unsaturated/α-hetero) is 1. The molecule has 6 rings (SSSR count). The molecule has 0 saturated heterocycles. The number of nitrogens with zero attached hydrogens (tertiary/aromatic N) is 1. The van der Waals surface area contributed by atoms with E-state index in [1.807, 2.05) is 24.3 Å². The van der Waals surface area contributed by atoms with E-state index in [1.54, 1.807) is 32.7 Å². The molecule has 4 atom stereocenters. The van der Waals surface area contributed by atoms with E-state index in [9.17, 15) is 13.2 Å². The summed E-state index contributed by atoms with van der Waals surface area (Å²) in [6, 6.07) is 6.93. The molecule has 2 aromatic carbocycles. The fourth-order valence-corrected chi connectivity index (χ4v) is 10.7. The topological polar surface area (TPSA) is 103 Å². The summed E-state index contributed by atoms with van der Waals surface area (Å²) in [5.74, 6) is 2.59. The van der Waals surface area contributed by atoms with Crippen molar-refractivity contribution in [2.24, 2.45) is 16.7 Å². The number of ether oxygens (including phenoxy) is 4. The molecule has 0 unspecified atom stereocenters. The van der Waals surface area contributed by atoms with E-state index < -0.39 is 21.5 Å². The highest BCUT2D eigenvalue weighted by Crippen LogP contribution is 2.64. The van der Waals surface area contributed by atoms with Crippen molar-refractivity contribution in [3.63, 3.8) is 0 Å². The summed E-state index contributed by atoms with van der Waals surface area (Å²) in [6.45, 7) is 5.16. The maximum atomic E-state index is 14.7. The fourth-order valence-electron chi connectivity index (χ4n) is 8.31. The van der Waals surface area contributed by atoms with Crippen LogP contribution >= 0.6 is 0 Å². The maximum Gasteiger partial charge on any atom is 0.215 e. The first kappa shape index (κ1) is 29.3. The summed E-state index contributed by atoms with van der Waals surface area (Å²) >= 11 is 0. The number of sulfonamides is 1. The Labute approximate surface area is 248 Å². The van der Waals surface area contributed by atoms with E-state index in [2.05, 4.69) is 19.2 Å². The predicted octanol–water partition coefficient (Wildman–Crippen LogP) is 4.23. The number of carbonyl (C=O) groups is 1. The lowest BCUT2D eigenvalue weighted by Crippen LogP contribution is -2.52. The Kier molecular flexibility index (Phi) is 7.26. The van der Waals surface area contributed by atoms with Crippen LogP contribution in [0.25, 0.3) is 0 Å². The quantitative estimate of drug-likeness (QED) is 0.482. The number of benzene rings is 2. The molecule has 2 heterocycles. The number of ketones is 1. The van der Waals surface area contributed by atoms with Gasteiger partial charge in [-0.05, 0) is 90.1 Å². The van der Waals surface area contributed by atoms with Gasteiger partial charge in [0.05, 0.1) is 46.3 Å². The Morgan fingerprint density at radius 1 is 0.881 bits per heavy atom. The van der Waals surface area contributed by atoms with E-state index in [1.165, 1.54) is 0 Å². The van der Waals surface area contributed by atoms with Crippen LogP contribution < -0.4 is 24.3 Å². The number of carbonyl (C=O) groups excluding carboxylic acids is 1. The second-order valence-electron chi connectivity index (χ2n) is 12.7. The van der Waals surface area contributed by atoms with E-state index in [0.717, 1.165) is 35.1 Å². The Balaban J connectivity index is 1.50. The Morgan fingerprint density at radius 3 is 2.00 bits per heavy atom. The van der Waals surface area contributed by atoms with Crippen LogP contribution in [0.3, 0.4) is 0 Å². The van der Waals surface area contributed by atoms with Crippen molar-refractivity contribution in [2.75, 3.05) is 47.3 Å². The minimum absolute atomic E-state index is 0.102. The standard InChI is InChI=1S/C32H42N2O7S/c1-31(2)21-7-10-32(31,28(35)15-21)18-42(36,37)34-12-9-20-14-25(39-4)27(41-6)17-23(20)30(34)29-22-16-26(40-5)24(38-3)13-19(22)8-11-33-29/h13-14,16-17,21,29-30,33H,7-12,15,18H2,1-6H3/t21-,29+,30+,32-/m1/s1. The van der Waals surface area contributed by atoms with Gasteiger partial charge < -0.3 is 24.3 Å². The van der Waals surface area contributed by atoms with Gasteiger partial charge >= 0.3 is 0 Å². The first-order valence-corrected chi connectivity index (χ1v) is 16.4. The fraction of sp³-hybridized carbons (Fsp3) is 0.594. The van der Waals surface area contributed by atoms with Crippen LogP contribution in [0.4, 0.5) is 0 Å². The summed E-state index contributed by atoms with van der Waals surface area (Å²) < 4.78 is 53.6. The number of rotatable bonds is 8. The highest BCUT2D eigenvalue weighted by molar-refractivity contribution is 7.89. The number of hydrogen-bond donors (Lipinski definition) is 1. The second kappa shape index (κ2) is 10.4. The SMILES string of the molecule is COc1cc2c(cc1OC)[C@@H]([C@@H]1c3cc(OC)c(OC)cc3CCN1S(=O)(=O)C[C@]13CC[C@H](CC1=O)C3(C)C)NCC2. The molecule has 2 aromatic rings. The lowest BCUT2D eigenvalue weighted by molar-refractivity contribution is -0.128. The molecule has 228 valence electrons. The lowest BCUT2D eigenvalue weighted by Gasteiger charge is -2.45. The molecule has 1 N–H and O–H groups in total. The van der Waals surface area contributed by atoms with E-state index >= 15 is 0 Å².